The van der Waals surface area contributed by atoms with Gasteiger partial charge in [-0.3, -0.25) is 4.79 Å². The smallest absolute Gasteiger partial charge is 0.341 e. The SMILES string of the molecule is CN(Cc1ccsc1)C(=O)COC(=O)c1c(-n2cccc2)sc2c1CCCC2. The monoisotopic (exact) mass is 414 g/mol. The van der Waals surface area contributed by atoms with Crippen molar-refractivity contribution in [1.29, 1.82) is 0 Å². The first kappa shape index (κ1) is 19.0. The average Bonchev–Trinajstić information content (AvgIpc) is 3.45. The van der Waals surface area contributed by atoms with E-state index in [0.717, 1.165) is 41.8 Å². The number of esters is 1. The number of thiophene rings is 2. The van der Waals surface area contributed by atoms with Crippen molar-refractivity contribution in [3.63, 3.8) is 0 Å². The van der Waals surface area contributed by atoms with E-state index in [9.17, 15) is 9.59 Å². The van der Waals surface area contributed by atoms with E-state index < -0.39 is 5.97 Å². The standard InChI is InChI=1S/C21H22N2O3S2/c1-22(12-15-8-11-27-14-15)18(24)13-26-21(25)19-16-6-2-3-7-17(16)28-20(19)23-9-4-5-10-23/h4-5,8-11,14H,2-3,6-7,12-13H2,1H3. The number of hydrogen-bond donors (Lipinski definition) is 0. The molecule has 1 amide bonds. The second kappa shape index (κ2) is 8.32. The lowest BCUT2D eigenvalue weighted by atomic mass is 9.95. The van der Waals surface area contributed by atoms with Gasteiger partial charge in [0, 0.05) is 30.9 Å². The van der Waals surface area contributed by atoms with Gasteiger partial charge in [-0.25, -0.2) is 4.79 Å². The summed E-state index contributed by atoms with van der Waals surface area (Å²) in [6.07, 6.45) is 8.01. The summed E-state index contributed by atoms with van der Waals surface area (Å²) >= 11 is 3.26. The summed E-state index contributed by atoms with van der Waals surface area (Å²) in [6.45, 7) is 0.275. The van der Waals surface area contributed by atoms with E-state index in [4.69, 9.17) is 4.74 Å². The number of ether oxygens (including phenoxy) is 1. The molecule has 0 aromatic carbocycles. The highest BCUT2D eigenvalue weighted by atomic mass is 32.1. The van der Waals surface area contributed by atoms with Crippen molar-refractivity contribution in [2.24, 2.45) is 0 Å². The molecule has 0 atom stereocenters. The quantitative estimate of drug-likeness (QED) is 0.565. The number of aromatic nitrogens is 1. The Bertz CT molecular complexity index is 958. The average molecular weight is 415 g/mol. The van der Waals surface area contributed by atoms with E-state index in [2.05, 4.69) is 0 Å². The maximum atomic E-state index is 12.9. The Morgan fingerprint density at radius 3 is 2.75 bits per heavy atom. The molecule has 0 saturated carbocycles. The van der Waals surface area contributed by atoms with Crippen molar-refractivity contribution in [2.45, 2.75) is 32.2 Å². The van der Waals surface area contributed by atoms with Crippen LogP contribution in [0, 0.1) is 0 Å². The van der Waals surface area contributed by atoms with Crippen LogP contribution in [0.3, 0.4) is 0 Å². The van der Waals surface area contributed by atoms with Crippen LogP contribution in [0.4, 0.5) is 0 Å². The molecule has 0 bridgehead atoms. The Balaban J connectivity index is 1.48. The van der Waals surface area contributed by atoms with Gasteiger partial charge in [0.1, 0.15) is 5.00 Å². The lowest BCUT2D eigenvalue weighted by Crippen LogP contribution is -2.30. The van der Waals surface area contributed by atoms with Gasteiger partial charge in [0.25, 0.3) is 5.91 Å². The fourth-order valence-corrected chi connectivity index (χ4v) is 5.47. The first-order valence-electron chi connectivity index (χ1n) is 9.33. The van der Waals surface area contributed by atoms with E-state index in [0.29, 0.717) is 12.1 Å². The summed E-state index contributed by atoms with van der Waals surface area (Å²) in [5.41, 5.74) is 2.81. The van der Waals surface area contributed by atoms with Crippen LogP contribution in [0.25, 0.3) is 5.00 Å². The van der Waals surface area contributed by atoms with Gasteiger partial charge in [-0.15, -0.1) is 11.3 Å². The highest BCUT2D eigenvalue weighted by Gasteiger charge is 2.27. The third-order valence-corrected chi connectivity index (χ3v) is 6.99. The largest absolute Gasteiger partial charge is 0.452 e. The molecule has 4 rings (SSSR count). The Morgan fingerprint density at radius 2 is 2.00 bits per heavy atom. The molecular formula is C21H22N2O3S2. The summed E-state index contributed by atoms with van der Waals surface area (Å²) in [5.74, 6) is -0.605. The van der Waals surface area contributed by atoms with E-state index in [1.165, 1.54) is 4.88 Å². The molecule has 28 heavy (non-hydrogen) atoms. The van der Waals surface area contributed by atoms with E-state index in [1.54, 1.807) is 34.6 Å². The summed E-state index contributed by atoms with van der Waals surface area (Å²) < 4.78 is 7.42. The molecule has 1 aliphatic carbocycles. The summed E-state index contributed by atoms with van der Waals surface area (Å²) in [5, 5.41) is 4.88. The summed E-state index contributed by atoms with van der Waals surface area (Å²) in [7, 11) is 1.73. The molecular weight excluding hydrogens is 392 g/mol. The molecule has 3 aromatic rings. The molecule has 3 aromatic heterocycles. The van der Waals surface area contributed by atoms with Crippen LogP contribution >= 0.6 is 22.7 Å². The number of hydrogen-bond acceptors (Lipinski definition) is 5. The van der Waals surface area contributed by atoms with Gasteiger partial charge in [-0.05, 0) is 65.8 Å². The normalized spacial score (nSPS) is 13.2. The minimum atomic E-state index is -0.402. The van der Waals surface area contributed by atoms with Crippen molar-refractivity contribution in [3.05, 3.63) is 62.9 Å². The second-order valence-electron chi connectivity index (χ2n) is 6.94. The Kier molecular flexibility index (Phi) is 5.64. The van der Waals surface area contributed by atoms with E-state index in [1.807, 2.05) is 45.9 Å². The van der Waals surface area contributed by atoms with Crippen LogP contribution in [-0.4, -0.2) is 35.0 Å². The molecule has 0 fully saturated rings. The fourth-order valence-electron chi connectivity index (χ4n) is 3.47. The maximum Gasteiger partial charge on any atom is 0.341 e. The van der Waals surface area contributed by atoms with Gasteiger partial charge in [0.2, 0.25) is 0 Å². The molecule has 0 radical (unpaired) electrons. The van der Waals surface area contributed by atoms with Crippen LogP contribution < -0.4 is 0 Å². The zero-order chi connectivity index (χ0) is 19.5. The third-order valence-electron chi connectivity index (χ3n) is 4.95. The molecule has 0 N–H and O–H groups in total. The van der Waals surface area contributed by atoms with Gasteiger partial charge in [-0.1, -0.05) is 0 Å². The van der Waals surface area contributed by atoms with Gasteiger partial charge >= 0.3 is 5.97 Å². The molecule has 0 aliphatic heterocycles. The molecule has 0 spiro atoms. The lowest BCUT2D eigenvalue weighted by molar-refractivity contribution is -0.133. The predicted octanol–water partition coefficient (Wildman–Crippen LogP) is 4.29. The minimum absolute atomic E-state index is 0.203. The highest BCUT2D eigenvalue weighted by Crippen LogP contribution is 2.37. The van der Waals surface area contributed by atoms with Crippen LogP contribution in [0.5, 0.6) is 0 Å². The number of carbonyl (C=O) groups is 2. The van der Waals surface area contributed by atoms with Crippen LogP contribution in [0.1, 0.15) is 39.2 Å². The zero-order valence-electron chi connectivity index (χ0n) is 15.7. The van der Waals surface area contributed by atoms with Gasteiger partial charge in [0.15, 0.2) is 6.61 Å². The van der Waals surface area contributed by atoms with E-state index >= 15 is 0 Å². The van der Waals surface area contributed by atoms with Crippen molar-refractivity contribution in [1.82, 2.24) is 9.47 Å². The zero-order valence-corrected chi connectivity index (χ0v) is 17.4. The minimum Gasteiger partial charge on any atom is -0.452 e. The number of aryl methyl sites for hydroxylation is 1. The van der Waals surface area contributed by atoms with Crippen LogP contribution in [0.2, 0.25) is 0 Å². The van der Waals surface area contributed by atoms with Crippen molar-refractivity contribution < 1.29 is 14.3 Å². The fraction of sp³-hybridized carbons (Fsp3) is 0.333. The molecule has 7 heteroatoms. The molecule has 0 saturated heterocycles. The lowest BCUT2D eigenvalue weighted by Gasteiger charge is -2.17. The van der Waals surface area contributed by atoms with Crippen LogP contribution in [-0.2, 0) is 28.9 Å². The number of likely N-dealkylation sites (N-methyl/N-ethyl adjacent to an activating group) is 1. The molecule has 1 aliphatic rings. The third kappa shape index (κ3) is 3.91. The van der Waals surface area contributed by atoms with Gasteiger partial charge < -0.3 is 14.2 Å². The van der Waals surface area contributed by atoms with E-state index in [-0.39, 0.29) is 12.5 Å². The predicted molar refractivity (Wildman–Crippen MR) is 111 cm³/mol. The number of carbonyl (C=O) groups excluding carboxylic acids is 2. The van der Waals surface area contributed by atoms with Crippen molar-refractivity contribution in [2.75, 3.05) is 13.7 Å². The molecule has 3 heterocycles. The Hall–Kier alpha value is -2.38. The number of fused-ring (bicyclic) bond motifs is 1. The van der Waals surface area contributed by atoms with Gasteiger partial charge in [-0.2, -0.15) is 11.3 Å². The first-order valence-corrected chi connectivity index (χ1v) is 11.1. The second-order valence-corrected chi connectivity index (χ2v) is 8.80. The molecule has 0 unspecified atom stereocenters. The Labute approximate surface area is 172 Å². The summed E-state index contributed by atoms with van der Waals surface area (Å²) in [4.78, 5) is 28.2. The maximum absolute atomic E-state index is 12.9. The number of amides is 1. The molecule has 146 valence electrons. The van der Waals surface area contributed by atoms with Crippen LogP contribution in [0.15, 0.2) is 41.4 Å². The Morgan fingerprint density at radius 1 is 1.21 bits per heavy atom. The highest BCUT2D eigenvalue weighted by molar-refractivity contribution is 7.15. The number of nitrogens with zero attached hydrogens (tertiary/aromatic N) is 2. The number of rotatable bonds is 6. The molecule has 5 nitrogen and oxygen atoms in total. The first-order chi connectivity index (χ1) is 13.6. The summed E-state index contributed by atoms with van der Waals surface area (Å²) in [6, 6.07) is 5.87. The van der Waals surface area contributed by atoms with Gasteiger partial charge in [0.05, 0.1) is 5.56 Å². The topological polar surface area (TPSA) is 51.5 Å². The van der Waals surface area contributed by atoms with Crippen molar-refractivity contribution in [3.8, 4) is 5.00 Å². The van der Waals surface area contributed by atoms with Crippen molar-refractivity contribution >= 4 is 34.6 Å².